The largest absolute Gasteiger partial charge is 0.338 e. The Morgan fingerprint density at radius 2 is 1.64 bits per heavy atom. The Morgan fingerprint density at radius 1 is 1.00 bits per heavy atom. The molecule has 4 rings (SSSR count). The molecule has 5 nitrogen and oxygen atoms in total. The van der Waals surface area contributed by atoms with E-state index in [4.69, 9.17) is 0 Å². The number of carbonyl (C=O) groups excluding carboxylic acids is 1. The maximum atomic E-state index is 12.9. The minimum atomic E-state index is -0.0964. The van der Waals surface area contributed by atoms with Crippen molar-refractivity contribution in [3.63, 3.8) is 0 Å². The van der Waals surface area contributed by atoms with Crippen LogP contribution < -0.4 is 5.56 Å². The highest BCUT2D eigenvalue weighted by atomic mass is 16.2. The smallest absolute Gasteiger partial charge is 0.265 e. The van der Waals surface area contributed by atoms with Crippen molar-refractivity contribution in [1.29, 1.82) is 0 Å². The fourth-order valence-corrected chi connectivity index (χ4v) is 4.31. The molecular weight excluding hydrogens is 350 g/mol. The SMILES string of the molecule is Cc1nc2ccccc2c(=O)n1-c1ccc(C(=O)N2C[C@H](C)C[C@@H](C)C2)cc1. The molecule has 28 heavy (non-hydrogen) atoms. The average molecular weight is 375 g/mol. The van der Waals surface area contributed by atoms with Gasteiger partial charge in [-0.2, -0.15) is 0 Å². The van der Waals surface area contributed by atoms with Crippen LogP contribution in [0.15, 0.2) is 53.3 Å². The van der Waals surface area contributed by atoms with Gasteiger partial charge in [0.25, 0.3) is 11.5 Å². The lowest BCUT2D eigenvalue weighted by molar-refractivity contribution is 0.0623. The molecule has 1 amide bonds. The van der Waals surface area contributed by atoms with Crippen molar-refractivity contribution in [3.05, 3.63) is 70.3 Å². The molecule has 0 N–H and O–H groups in total. The molecule has 0 bridgehead atoms. The normalized spacial score (nSPS) is 19.8. The van der Waals surface area contributed by atoms with Gasteiger partial charge in [0.05, 0.1) is 16.6 Å². The van der Waals surface area contributed by atoms with Crippen LogP contribution >= 0.6 is 0 Å². The molecule has 1 aliphatic rings. The van der Waals surface area contributed by atoms with Gasteiger partial charge >= 0.3 is 0 Å². The number of para-hydroxylation sites is 1. The van der Waals surface area contributed by atoms with Crippen molar-refractivity contribution >= 4 is 16.8 Å². The summed E-state index contributed by atoms with van der Waals surface area (Å²) >= 11 is 0. The van der Waals surface area contributed by atoms with Gasteiger partial charge in [-0.05, 0) is 61.6 Å². The molecule has 1 aliphatic heterocycles. The van der Waals surface area contributed by atoms with Crippen LogP contribution in [0.25, 0.3) is 16.6 Å². The zero-order chi connectivity index (χ0) is 19.8. The molecule has 2 heterocycles. The van der Waals surface area contributed by atoms with E-state index in [0.717, 1.165) is 18.8 Å². The summed E-state index contributed by atoms with van der Waals surface area (Å²) < 4.78 is 1.60. The molecule has 1 fully saturated rings. The first-order valence-electron chi connectivity index (χ1n) is 9.82. The van der Waals surface area contributed by atoms with E-state index in [0.29, 0.717) is 34.1 Å². The molecule has 1 saturated heterocycles. The molecule has 0 saturated carbocycles. The van der Waals surface area contributed by atoms with Crippen LogP contribution in [0.4, 0.5) is 0 Å². The number of hydrogen-bond acceptors (Lipinski definition) is 3. The minimum absolute atomic E-state index is 0.0608. The van der Waals surface area contributed by atoms with Crippen molar-refractivity contribution in [1.82, 2.24) is 14.5 Å². The van der Waals surface area contributed by atoms with Crippen LogP contribution in [0.5, 0.6) is 0 Å². The van der Waals surface area contributed by atoms with Gasteiger partial charge in [0.2, 0.25) is 0 Å². The highest BCUT2D eigenvalue weighted by Crippen LogP contribution is 2.23. The highest BCUT2D eigenvalue weighted by molar-refractivity contribution is 5.94. The van der Waals surface area contributed by atoms with E-state index in [1.165, 1.54) is 6.42 Å². The summed E-state index contributed by atoms with van der Waals surface area (Å²) in [6, 6.07) is 14.6. The second-order valence-corrected chi connectivity index (χ2v) is 8.02. The number of benzene rings is 2. The predicted molar refractivity (Wildman–Crippen MR) is 111 cm³/mol. The van der Waals surface area contributed by atoms with Gasteiger partial charge in [0, 0.05) is 18.7 Å². The van der Waals surface area contributed by atoms with E-state index >= 15 is 0 Å². The van der Waals surface area contributed by atoms with Crippen molar-refractivity contribution in [2.24, 2.45) is 11.8 Å². The summed E-state index contributed by atoms with van der Waals surface area (Å²) in [5.41, 5.74) is 1.98. The fraction of sp³-hybridized carbons (Fsp3) is 0.348. The Morgan fingerprint density at radius 3 is 2.32 bits per heavy atom. The Hall–Kier alpha value is -2.95. The van der Waals surface area contributed by atoms with E-state index < -0.39 is 0 Å². The first-order chi connectivity index (χ1) is 13.4. The standard InChI is InChI=1S/C23H25N3O2/c1-15-12-16(2)14-25(13-15)22(27)18-8-10-19(11-9-18)26-17(3)24-21-7-5-4-6-20(21)23(26)28/h4-11,15-16H,12-14H2,1-3H3/t15-,16-/m1/s1. The lowest BCUT2D eigenvalue weighted by Crippen LogP contribution is -2.42. The number of hydrogen-bond donors (Lipinski definition) is 0. The average Bonchev–Trinajstić information content (AvgIpc) is 2.67. The predicted octanol–water partition coefficient (Wildman–Crippen LogP) is 3.81. The number of carbonyl (C=O) groups is 1. The number of piperidine rings is 1. The molecule has 0 spiro atoms. The Bertz CT molecular complexity index is 1080. The number of aryl methyl sites for hydroxylation is 1. The third-order valence-electron chi connectivity index (χ3n) is 5.47. The molecule has 0 aliphatic carbocycles. The van der Waals surface area contributed by atoms with Crippen molar-refractivity contribution in [2.45, 2.75) is 27.2 Å². The van der Waals surface area contributed by atoms with Crippen LogP contribution in [0.1, 0.15) is 36.5 Å². The molecule has 5 heteroatoms. The number of fused-ring (bicyclic) bond motifs is 1. The lowest BCUT2D eigenvalue weighted by atomic mass is 9.91. The third-order valence-corrected chi connectivity index (χ3v) is 5.47. The number of nitrogens with zero attached hydrogens (tertiary/aromatic N) is 3. The summed E-state index contributed by atoms with van der Waals surface area (Å²) in [7, 11) is 0. The van der Waals surface area contributed by atoms with E-state index in [-0.39, 0.29) is 11.5 Å². The van der Waals surface area contributed by atoms with E-state index in [1.54, 1.807) is 10.6 Å². The maximum Gasteiger partial charge on any atom is 0.265 e. The number of aromatic nitrogens is 2. The molecule has 1 aromatic heterocycles. The van der Waals surface area contributed by atoms with Gasteiger partial charge in [-0.1, -0.05) is 26.0 Å². The monoisotopic (exact) mass is 375 g/mol. The van der Waals surface area contributed by atoms with Crippen LogP contribution in [-0.4, -0.2) is 33.4 Å². The Kier molecular flexibility index (Phi) is 4.75. The van der Waals surface area contributed by atoms with Crippen LogP contribution in [-0.2, 0) is 0 Å². The summed E-state index contributed by atoms with van der Waals surface area (Å²) in [4.78, 5) is 32.3. The van der Waals surface area contributed by atoms with Gasteiger partial charge in [0.1, 0.15) is 5.82 Å². The van der Waals surface area contributed by atoms with Gasteiger partial charge in [0.15, 0.2) is 0 Å². The van der Waals surface area contributed by atoms with Crippen molar-refractivity contribution in [3.8, 4) is 5.69 Å². The molecule has 3 aromatic rings. The zero-order valence-corrected chi connectivity index (χ0v) is 16.6. The molecule has 0 unspecified atom stereocenters. The molecule has 144 valence electrons. The van der Waals surface area contributed by atoms with E-state index in [1.807, 2.05) is 54.3 Å². The fourth-order valence-electron chi connectivity index (χ4n) is 4.31. The van der Waals surface area contributed by atoms with Gasteiger partial charge < -0.3 is 4.90 Å². The zero-order valence-electron chi connectivity index (χ0n) is 16.6. The number of likely N-dealkylation sites (tertiary alicyclic amines) is 1. The molecular formula is C23H25N3O2. The number of amides is 1. The molecule has 2 aromatic carbocycles. The topological polar surface area (TPSA) is 55.2 Å². The van der Waals surface area contributed by atoms with Crippen LogP contribution in [0.2, 0.25) is 0 Å². The quantitative estimate of drug-likeness (QED) is 0.684. The van der Waals surface area contributed by atoms with Crippen molar-refractivity contribution in [2.75, 3.05) is 13.1 Å². The Balaban J connectivity index is 1.66. The lowest BCUT2D eigenvalue weighted by Gasteiger charge is -2.35. The maximum absolute atomic E-state index is 12.9. The first kappa shape index (κ1) is 18.4. The van der Waals surface area contributed by atoms with Crippen LogP contribution in [0, 0.1) is 18.8 Å². The number of rotatable bonds is 2. The molecule has 0 radical (unpaired) electrons. The second kappa shape index (κ2) is 7.23. The molecule has 2 atom stereocenters. The van der Waals surface area contributed by atoms with Gasteiger partial charge in [-0.15, -0.1) is 0 Å². The summed E-state index contributed by atoms with van der Waals surface area (Å²) in [6.45, 7) is 7.82. The third kappa shape index (κ3) is 3.33. The van der Waals surface area contributed by atoms with Gasteiger partial charge in [-0.3, -0.25) is 14.2 Å². The first-order valence-corrected chi connectivity index (χ1v) is 9.82. The second-order valence-electron chi connectivity index (χ2n) is 8.02. The van der Waals surface area contributed by atoms with E-state index in [9.17, 15) is 9.59 Å². The minimum Gasteiger partial charge on any atom is -0.338 e. The van der Waals surface area contributed by atoms with Crippen LogP contribution in [0.3, 0.4) is 0 Å². The Labute approximate surface area is 164 Å². The van der Waals surface area contributed by atoms with E-state index in [2.05, 4.69) is 18.8 Å². The van der Waals surface area contributed by atoms with Crippen molar-refractivity contribution < 1.29 is 4.79 Å². The summed E-state index contributed by atoms with van der Waals surface area (Å²) in [5.74, 6) is 1.74. The highest BCUT2D eigenvalue weighted by Gasteiger charge is 2.26. The summed E-state index contributed by atoms with van der Waals surface area (Å²) in [5, 5.41) is 0.588. The van der Waals surface area contributed by atoms with Gasteiger partial charge in [-0.25, -0.2) is 4.98 Å². The summed E-state index contributed by atoms with van der Waals surface area (Å²) in [6.07, 6.45) is 1.17.